The van der Waals surface area contributed by atoms with E-state index in [1.807, 2.05) is 18.2 Å². The SMILES string of the molecule is O=C(O)CC1CCCNc2c(Cl)cccc21. The molecular weight excluding hydrogens is 226 g/mol. The molecule has 0 spiro atoms. The standard InChI is InChI=1S/C12H14ClNO2/c13-10-5-1-4-9-8(7-11(15)16)3-2-6-14-12(9)10/h1,4-5,8,14H,2-3,6-7H2,(H,15,16). The third-order valence-electron chi connectivity index (χ3n) is 2.94. The number of halogens is 1. The van der Waals surface area contributed by atoms with Gasteiger partial charge >= 0.3 is 5.97 Å². The predicted molar refractivity (Wildman–Crippen MR) is 64.2 cm³/mol. The van der Waals surface area contributed by atoms with E-state index in [0.717, 1.165) is 30.6 Å². The van der Waals surface area contributed by atoms with E-state index in [0.29, 0.717) is 5.02 Å². The van der Waals surface area contributed by atoms with E-state index in [1.165, 1.54) is 0 Å². The first-order chi connectivity index (χ1) is 7.68. The maximum Gasteiger partial charge on any atom is 0.303 e. The van der Waals surface area contributed by atoms with Crippen molar-refractivity contribution < 1.29 is 9.90 Å². The van der Waals surface area contributed by atoms with E-state index < -0.39 is 5.97 Å². The van der Waals surface area contributed by atoms with Crippen LogP contribution in [0.4, 0.5) is 5.69 Å². The van der Waals surface area contributed by atoms with Crippen molar-refractivity contribution in [2.75, 3.05) is 11.9 Å². The van der Waals surface area contributed by atoms with Crippen LogP contribution in [-0.2, 0) is 4.79 Å². The smallest absolute Gasteiger partial charge is 0.303 e. The first-order valence-corrected chi connectivity index (χ1v) is 5.80. The molecule has 0 amide bonds. The Morgan fingerprint density at radius 2 is 2.38 bits per heavy atom. The molecule has 0 fully saturated rings. The molecule has 1 aliphatic heterocycles. The minimum absolute atomic E-state index is 0.0706. The molecule has 0 aromatic heterocycles. The second-order valence-electron chi connectivity index (χ2n) is 4.07. The van der Waals surface area contributed by atoms with Crippen molar-refractivity contribution in [1.29, 1.82) is 0 Å². The highest BCUT2D eigenvalue weighted by Crippen LogP contribution is 2.37. The molecule has 1 unspecified atom stereocenters. The van der Waals surface area contributed by atoms with E-state index >= 15 is 0 Å². The monoisotopic (exact) mass is 239 g/mol. The number of hydrogen-bond donors (Lipinski definition) is 2. The highest BCUT2D eigenvalue weighted by atomic mass is 35.5. The summed E-state index contributed by atoms with van der Waals surface area (Å²) in [7, 11) is 0. The number of hydrogen-bond acceptors (Lipinski definition) is 2. The second-order valence-corrected chi connectivity index (χ2v) is 4.48. The topological polar surface area (TPSA) is 49.3 Å². The molecule has 1 atom stereocenters. The zero-order valence-electron chi connectivity index (χ0n) is 8.87. The molecule has 0 aliphatic carbocycles. The maximum atomic E-state index is 10.8. The summed E-state index contributed by atoms with van der Waals surface area (Å²) < 4.78 is 0. The Hall–Kier alpha value is -1.22. The van der Waals surface area contributed by atoms with Crippen molar-refractivity contribution in [3.05, 3.63) is 28.8 Å². The summed E-state index contributed by atoms with van der Waals surface area (Å²) in [6.07, 6.45) is 2.05. The number of fused-ring (bicyclic) bond motifs is 1. The van der Waals surface area contributed by atoms with E-state index in [1.54, 1.807) is 0 Å². The van der Waals surface area contributed by atoms with Crippen molar-refractivity contribution in [1.82, 2.24) is 0 Å². The molecule has 1 aliphatic rings. The number of nitrogens with one attached hydrogen (secondary N) is 1. The van der Waals surface area contributed by atoms with E-state index in [-0.39, 0.29) is 12.3 Å². The van der Waals surface area contributed by atoms with Crippen molar-refractivity contribution in [3.8, 4) is 0 Å². The first kappa shape index (κ1) is 11.3. The Bertz CT molecular complexity index is 406. The van der Waals surface area contributed by atoms with Gasteiger partial charge in [-0.1, -0.05) is 23.7 Å². The van der Waals surface area contributed by atoms with Crippen molar-refractivity contribution in [2.24, 2.45) is 0 Å². The molecule has 0 bridgehead atoms. The van der Waals surface area contributed by atoms with Crippen LogP contribution < -0.4 is 5.32 Å². The quantitative estimate of drug-likeness (QED) is 0.834. The van der Waals surface area contributed by atoms with Gasteiger partial charge in [-0.05, 0) is 30.4 Å². The fourth-order valence-electron chi connectivity index (χ4n) is 2.21. The van der Waals surface area contributed by atoms with Crippen LogP contribution in [0.5, 0.6) is 0 Å². The molecular formula is C12H14ClNO2. The maximum absolute atomic E-state index is 10.8. The normalized spacial score (nSPS) is 19.4. The van der Waals surface area contributed by atoms with Gasteiger partial charge in [0.25, 0.3) is 0 Å². The molecule has 2 N–H and O–H groups in total. The van der Waals surface area contributed by atoms with Gasteiger partial charge in [-0.2, -0.15) is 0 Å². The molecule has 3 nitrogen and oxygen atoms in total. The minimum Gasteiger partial charge on any atom is -0.481 e. The van der Waals surface area contributed by atoms with Crippen LogP contribution >= 0.6 is 11.6 Å². The number of para-hydroxylation sites is 1. The van der Waals surface area contributed by atoms with Crippen LogP contribution in [0.3, 0.4) is 0 Å². The number of aliphatic carboxylic acids is 1. The Kier molecular flexibility index (Phi) is 3.34. The molecule has 0 radical (unpaired) electrons. The summed E-state index contributed by atoms with van der Waals surface area (Å²) in [4.78, 5) is 10.8. The van der Waals surface area contributed by atoms with Crippen LogP contribution in [0.1, 0.15) is 30.7 Å². The fourth-order valence-corrected chi connectivity index (χ4v) is 2.46. The van der Waals surface area contributed by atoms with Crippen molar-refractivity contribution in [2.45, 2.75) is 25.2 Å². The highest BCUT2D eigenvalue weighted by molar-refractivity contribution is 6.33. The lowest BCUT2D eigenvalue weighted by Crippen LogP contribution is -2.06. The van der Waals surface area contributed by atoms with E-state index in [4.69, 9.17) is 16.7 Å². The molecule has 1 aromatic carbocycles. The third-order valence-corrected chi connectivity index (χ3v) is 3.25. The van der Waals surface area contributed by atoms with Gasteiger partial charge in [0, 0.05) is 6.54 Å². The Labute approximate surface area is 99.4 Å². The van der Waals surface area contributed by atoms with Gasteiger partial charge in [0.05, 0.1) is 17.1 Å². The Balaban J connectivity index is 2.36. The summed E-state index contributed by atoms with van der Waals surface area (Å²) >= 11 is 6.11. The molecule has 16 heavy (non-hydrogen) atoms. The van der Waals surface area contributed by atoms with Crippen LogP contribution in [-0.4, -0.2) is 17.6 Å². The average molecular weight is 240 g/mol. The number of carbonyl (C=O) groups is 1. The van der Waals surface area contributed by atoms with Crippen LogP contribution in [0, 0.1) is 0 Å². The number of benzene rings is 1. The summed E-state index contributed by atoms with van der Waals surface area (Å²) in [5.41, 5.74) is 1.94. The van der Waals surface area contributed by atoms with Crippen molar-refractivity contribution >= 4 is 23.3 Å². The predicted octanol–water partition coefficient (Wildman–Crippen LogP) is 3.10. The lowest BCUT2D eigenvalue weighted by Gasteiger charge is -2.16. The average Bonchev–Trinajstić information content (AvgIpc) is 2.42. The molecule has 1 aromatic rings. The zero-order valence-corrected chi connectivity index (χ0v) is 9.63. The molecule has 4 heteroatoms. The summed E-state index contributed by atoms with van der Waals surface area (Å²) in [6, 6.07) is 5.67. The van der Waals surface area contributed by atoms with Gasteiger partial charge < -0.3 is 10.4 Å². The van der Waals surface area contributed by atoms with Gasteiger partial charge in [-0.3, -0.25) is 4.79 Å². The summed E-state index contributed by atoms with van der Waals surface area (Å²) in [6.45, 7) is 0.854. The van der Waals surface area contributed by atoms with Crippen LogP contribution in [0.2, 0.25) is 5.02 Å². The molecule has 1 heterocycles. The molecule has 0 saturated carbocycles. The lowest BCUT2D eigenvalue weighted by atomic mass is 9.91. The van der Waals surface area contributed by atoms with E-state index in [9.17, 15) is 4.79 Å². The molecule has 86 valence electrons. The number of rotatable bonds is 2. The minimum atomic E-state index is -0.752. The largest absolute Gasteiger partial charge is 0.481 e. The van der Waals surface area contributed by atoms with E-state index in [2.05, 4.69) is 5.32 Å². The summed E-state index contributed by atoms with van der Waals surface area (Å²) in [5.74, 6) is -0.681. The van der Waals surface area contributed by atoms with Crippen molar-refractivity contribution in [3.63, 3.8) is 0 Å². The van der Waals surface area contributed by atoms with Crippen LogP contribution in [0.25, 0.3) is 0 Å². The first-order valence-electron chi connectivity index (χ1n) is 5.42. The van der Waals surface area contributed by atoms with Gasteiger partial charge in [0.15, 0.2) is 0 Å². The number of carboxylic acid groups (broad SMARTS) is 1. The van der Waals surface area contributed by atoms with Gasteiger partial charge in [0.2, 0.25) is 0 Å². The third kappa shape index (κ3) is 2.30. The summed E-state index contributed by atoms with van der Waals surface area (Å²) in [5, 5.41) is 12.8. The highest BCUT2D eigenvalue weighted by Gasteiger charge is 2.22. The molecule has 2 rings (SSSR count). The molecule has 0 saturated heterocycles. The van der Waals surface area contributed by atoms with Crippen LogP contribution in [0.15, 0.2) is 18.2 Å². The van der Waals surface area contributed by atoms with Gasteiger partial charge in [0.1, 0.15) is 0 Å². The second kappa shape index (κ2) is 4.74. The number of carboxylic acids is 1. The zero-order chi connectivity index (χ0) is 11.5. The Morgan fingerprint density at radius 3 is 3.12 bits per heavy atom. The van der Waals surface area contributed by atoms with Gasteiger partial charge in [-0.15, -0.1) is 0 Å². The fraction of sp³-hybridized carbons (Fsp3) is 0.417. The number of anilines is 1. The Morgan fingerprint density at radius 1 is 1.56 bits per heavy atom. The lowest BCUT2D eigenvalue weighted by molar-refractivity contribution is -0.137. The van der Waals surface area contributed by atoms with Gasteiger partial charge in [-0.25, -0.2) is 0 Å².